The van der Waals surface area contributed by atoms with E-state index in [-0.39, 0.29) is 29.2 Å². The van der Waals surface area contributed by atoms with Crippen molar-refractivity contribution in [1.82, 2.24) is 4.90 Å². The lowest BCUT2D eigenvalue weighted by Crippen LogP contribution is -2.51. The second-order valence-corrected chi connectivity index (χ2v) is 7.53. The Bertz CT molecular complexity index is 582. The number of aliphatic hydroxyl groups excluding tert-OH is 1. The molecule has 0 radical (unpaired) electrons. The summed E-state index contributed by atoms with van der Waals surface area (Å²) in [4.78, 5) is 26.8. The number of rotatable bonds is 1. The molecule has 1 saturated carbocycles. The van der Waals surface area contributed by atoms with Gasteiger partial charge < -0.3 is 5.11 Å². The lowest BCUT2D eigenvalue weighted by molar-refractivity contribution is 0.00000411. The van der Waals surface area contributed by atoms with E-state index in [1.165, 1.54) is 4.90 Å². The van der Waals surface area contributed by atoms with Crippen LogP contribution in [0.1, 0.15) is 60.7 Å². The summed E-state index contributed by atoms with van der Waals surface area (Å²) in [5, 5.41) is 10.1. The molecule has 1 aliphatic heterocycles. The molecule has 1 heterocycles. The first-order valence-electron chi connectivity index (χ1n) is 7.95. The zero-order valence-electron chi connectivity index (χ0n) is 13.4. The summed E-state index contributed by atoms with van der Waals surface area (Å²) in [6.45, 7) is 6.42. The van der Waals surface area contributed by atoms with E-state index in [2.05, 4.69) is 20.8 Å². The van der Waals surface area contributed by atoms with Crippen LogP contribution in [0.4, 0.5) is 0 Å². The number of benzene rings is 1. The fourth-order valence-corrected chi connectivity index (χ4v) is 3.93. The number of carbonyl (C=O) groups excluding carboxylic acids is 2. The maximum absolute atomic E-state index is 12.7. The molecule has 1 N–H and O–H groups in total. The molecule has 118 valence electrons. The third kappa shape index (κ3) is 2.35. The molecule has 4 nitrogen and oxygen atoms in total. The topological polar surface area (TPSA) is 57.6 Å². The molecule has 1 fully saturated rings. The maximum atomic E-state index is 12.7. The van der Waals surface area contributed by atoms with Crippen molar-refractivity contribution in [1.29, 1.82) is 0 Å². The largest absolute Gasteiger partial charge is 0.393 e. The SMILES string of the molecule is CC(C)(C)C1CCC(O)CC1N1C(=O)c2ccccc2C1=O. The first-order valence-corrected chi connectivity index (χ1v) is 7.95. The minimum Gasteiger partial charge on any atom is -0.393 e. The van der Waals surface area contributed by atoms with Gasteiger partial charge in [0.15, 0.2) is 0 Å². The number of imide groups is 1. The van der Waals surface area contributed by atoms with Crippen molar-refractivity contribution < 1.29 is 14.7 Å². The highest BCUT2D eigenvalue weighted by Crippen LogP contribution is 2.42. The van der Waals surface area contributed by atoms with Crippen LogP contribution in [0.2, 0.25) is 0 Å². The van der Waals surface area contributed by atoms with Crippen LogP contribution in [0, 0.1) is 11.3 Å². The molecule has 22 heavy (non-hydrogen) atoms. The highest BCUT2D eigenvalue weighted by Gasteiger charge is 2.47. The Morgan fingerprint density at radius 1 is 1.05 bits per heavy atom. The van der Waals surface area contributed by atoms with Gasteiger partial charge in [-0.05, 0) is 42.7 Å². The highest BCUT2D eigenvalue weighted by atomic mass is 16.3. The smallest absolute Gasteiger partial charge is 0.261 e. The Balaban J connectivity index is 1.98. The van der Waals surface area contributed by atoms with E-state index in [4.69, 9.17) is 0 Å². The van der Waals surface area contributed by atoms with Gasteiger partial charge in [0.2, 0.25) is 0 Å². The van der Waals surface area contributed by atoms with Crippen molar-refractivity contribution in [2.45, 2.75) is 52.2 Å². The van der Waals surface area contributed by atoms with Crippen LogP contribution in [0.25, 0.3) is 0 Å². The molecule has 0 bridgehead atoms. The van der Waals surface area contributed by atoms with Crippen molar-refractivity contribution in [2.75, 3.05) is 0 Å². The maximum Gasteiger partial charge on any atom is 0.261 e. The zero-order chi connectivity index (χ0) is 16.1. The Morgan fingerprint density at radius 3 is 2.09 bits per heavy atom. The van der Waals surface area contributed by atoms with Gasteiger partial charge in [-0.2, -0.15) is 0 Å². The molecule has 3 rings (SSSR count). The first kappa shape index (κ1) is 15.2. The van der Waals surface area contributed by atoms with Gasteiger partial charge in [-0.1, -0.05) is 32.9 Å². The van der Waals surface area contributed by atoms with E-state index >= 15 is 0 Å². The minimum atomic E-state index is -0.437. The number of hydrogen-bond donors (Lipinski definition) is 1. The normalized spacial score (nSPS) is 28.9. The van der Waals surface area contributed by atoms with E-state index in [1.807, 2.05) is 0 Å². The van der Waals surface area contributed by atoms with Gasteiger partial charge in [0, 0.05) is 6.04 Å². The Morgan fingerprint density at radius 2 is 1.59 bits per heavy atom. The van der Waals surface area contributed by atoms with Crippen molar-refractivity contribution in [3.63, 3.8) is 0 Å². The van der Waals surface area contributed by atoms with Gasteiger partial charge in [-0.3, -0.25) is 14.5 Å². The summed E-state index contributed by atoms with van der Waals surface area (Å²) in [6.07, 6.45) is 1.62. The average Bonchev–Trinajstić information content (AvgIpc) is 2.70. The van der Waals surface area contributed by atoms with E-state index in [1.54, 1.807) is 24.3 Å². The fourth-order valence-electron chi connectivity index (χ4n) is 3.93. The van der Waals surface area contributed by atoms with E-state index in [0.717, 1.165) is 12.8 Å². The number of nitrogens with zero attached hydrogens (tertiary/aromatic N) is 1. The molecule has 2 aliphatic rings. The van der Waals surface area contributed by atoms with Crippen LogP contribution in [0.5, 0.6) is 0 Å². The summed E-state index contributed by atoms with van der Waals surface area (Å²) < 4.78 is 0. The number of carbonyl (C=O) groups is 2. The highest BCUT2D eigenvalue weighted by molar-refractivity contribution is 6.21. The van der Waals surface area contributed by atoms with Crippen LogP contribution >= 0.6 is 0 Å². The average molecular weight is 301 g/mol. The number of aliphatic hydroxyl groups is 1. The van der Waals surface area contributed by atoms with Crippen LogP contribution in [-0.2, 0) is 0 Å². The lowest BCUT2D eigenvalue weighted by Gasteiger charge is -2.45. The fraction of sp³-hybridized carbons (Fsp3) is 0.556. The second kappa shape index (κ2) is 5.20. The lowest BCUT2D eigenvalue weighted by atomic mass is 9.68. The Kier molecular flexibility index (Phi) is 3.60. The standard InChI is InChI=1S/C18H23NO3/c1-18(2,3)14-9-8-11(20)10-15(14)19-16(21)12-6-4-5-7-13(12)17(19)22/h4-7,11,14-15,20H,8-10H2,1-3H3. The van der Waals surface area contributed by atoms with Crippen molar-refractivity contribution >= 4 is 11.8 Å². The first-order chi connectivity index (χ1) is 10.3. The van der Waals surface area contributed by atoms with Gasteiger partial charge in [0.1, 0.15) is 0 Å². The quantitative estimate of drug-likeness (QED) is 0.811. The summed E-state index contributed by atoms with van der Waals surface area (Å²) in [5.74, 6) is -0.221. The van der Waals surface area contributed by atoms with Crippen LogP contribution in [-0.4, -0.2) is 34.0 Å². The number of fused-ring (bicyclic) bond motifs is 1. The molecule has 4 heteroatoms. The predicted octanol–water partition coefficient (Wildman–Crippen LogP) is 2.86. The molecule has 3 atom stereocenters. The van der Waals surface area contributed by atoms with E-state index in [9.17, 15) is 14.7 Å². The summed E-state index contributed by atoms with van der Waals surface area (Å²) in [7, 11) is 0. The Labute approximate surface area is 131 Å². The molecular formula is C18H23NO3. The summed E-state index contributed by atoms with van der Waals surface area (Å²) in [5.41, 5.74) is 0.959. The van der Waals surface area contributed by atoms with Crippen molar-refractivity contribution in [3.8, 4) is 0 Å². The van der Waals surface area contributed by atoms with Crippen molar-refractivity contribution in [3.05, 3.63) is 35.4 Å². The molecule has 1 aliphatic carbocycles. The molecule has 3 unspecified atom stereocenters. The van der Waals surface area contributed by atoms with Gasteiger partial charge in [-0.25, -0.2) is 0 Å². The Hall–Kier alpha value is -1.68. The third-order valence-corrected chi connectivity index (χ3v) is 5.06. The molecule has 0 spiro atoms. The van der Waals surface area contributed by atoms with Gasteiger partial charge in [0.25, 0.3) is 11.8 Å². The second-order valence-electron chi connectivity index (χ2n) is 7.53. The van der Waals surface area contributed by atoms with Crippen LogP contribution in [0.15, 0.2) is 24.3 Å². The van der Waals surface area contributed by atoms with E-state index in [0.29, 0.717) is 17.5 Å². The molecule has 0 saturated heterocycles. The molecule has 0 aromatic heterocycles. The van der Waals surface area contributed by atoms with Crippen LogP contribution < -0.4 is 0 Å². The molecule has 2 amide bonds. The van der Waals surface area contributed by atoms with Crippen molar-refractivity contribution in [2.24, 2.45) is 11.3 Å². The molecule has 1 aromatic carbocycles. The number of hydrogen-bond acceptors (Lipinski definition) is 3. The van der Waals surface area contributed by atoms with E-state index < -0.39 is 6.10 Å². The minimum absolute atomic E-state index is 0.0137. The number of amides is 2. The monoisotopic (exact) mass is 301 g/mol. The predicted molar refractivity (Wildman–Crippen MR) is 83.5 cm³/mol. The van der Waals surface area contributed by atoms with Gasteiger partial charge in [-0.15, -0.1) is 0 Å². The summed E-state index contributed by atoms with van der Waals surface area (Å²) in [6, 6.07) is 6.76. The summed E-state index contributed by atoms with van der Waals surface area (Å²) >= 11 is 0. The third-order valence-electron chi connectivity index (χ3n) is 5.06. The molecule has 1 aromatic rings. The van der Waals surface area contributed by atoms with Gasteiger partial charge >= 0.3 is 0 Å². The molecular weight excluding hydrogens is 278 g/mol. The van der Waals surface area contributed by atoms with Gasteiger partial charge in [0.05, 0.1) is 17.2 Å². The zero-order valence-corrected chi connectivity index (χ0v) is 13.4. The van der Waals surface area contributed by atoms with Crippen LogP contribution in [0.3, 0.4) is 0 Å².